The first kappa shape index (κ1) is 12.5. The topological polar surface area (TPSA) is 38.1 Å². The lowest BCUT2D eigenvalue weighted by Crippen LogP contribution is -2.19. The van der Waals surface area contributed by atoms with Crippen molar-refractivity contribution in [3.8, 4) is 11.3 Å². The third-order valence-corrected chi connectivity index (χ3v) is 4.31. The van der Waals surface area contributed by atoms with Gasteiger partial charge in [-0.2, -0.15) is 0 Å². The molecule has 1 N–H and O–H groups in total. The van der Waals surface area contributed by atoms with E-state index in [0.29, 0.717) is 20.5 Å². The Morgan fingerprint density at radius 2 is 2.28 bits per heavy atom. The second-order valence-corrected chi connectivity index (χ2v) is 6.62. The molecule has 0 aromatic carbocycles. The molecule has 1 fully saturated rings. The monoisotopic (exact) mass is 302 g/mol. The third kappa shape index (κ3) is 2.88. The van der Waals surface area contributed by atoms with Gasteiger partial charge in [-0.05, 0) is 18.9 Å². The van der Waals surface area contributed by atoms with Crippen LogP contribution in [0.3, 0.4) is 0 Å². The van der Waals surface area contributed by atoms with E-state index in [2.05, 4.69) is 10.3 Å². The Bertz CT molecular complexity index is 548. The van der Waals surface area contributed by atoms with Crippen molar-refractivity contribution >= 4 is 34.5 Å². The molecule has 0 atom stereocenters. The predicted molar refractivity (Wildman–Crippen MR) is 74.6 cm³/mol. The third-order valence-electron chi connectivity index (χ3n) is 2.82. The number of thiophene rings is 1. The number of aromatic nitrogens is 1. The van der Waals surface area contributed by atoms with Crippen LogP contribution in [-0.4, -0.2) is 17.6 Å². The molecule has 0 aliphatic heterocycles. The minimum Gasteiger partial charge on any atom is -0.441 e. The van der Waals surface area contributed by atoms with Gasteiger partial charge in [0.2, 0.25) is 0 Å². The molecule has 6 heteroatoms. The van der Waals surface area contributed by atoms with Gasteiger partial charge >= 0.3 is 0 Å². The lowest BCUT2D eigenvalue weighted by atomic mass is 10.3. The Kier molecular flexibility index (Phi) is 3.61. The van der Waals surface area contributed by atoms with Crippen LogP contribution in [0.25, 0.3) is 11.3 Å². The van der Waals surface area contributed by atoms with Gasteiger partial charge in [-0.15, -0.1) is 11.3 Å². The zero-order valence-electron chi connectivity index (χ0n) is 9.58. The highest BCUT2D eigenvalue weighted by atomic mass is 35.5. The molecule has 0 unspecified atom stereocenters. The fraction of sp³-hybridized carbons (Fsp3) is 0.417. The normalized spacial score (nSPS) is 15.2. The molecule has 2 heterocycles. The van der Waals surface area contributed by atoms with Crippen molar-refractivity contribution in [2.75, 3.05) is 6.54 Å². The molecule has 0 amide bonds. The summed E-state index contributed by atoms with van der Waals surface area (Å²) < 4.78 is 6.97. The van der Waals surface area contributed by atoms with Crippen molar-refractivity contribution in [3.05, 3.63) is 26.8 Å². The summed E-state index contributed by atoms with van der Waals surface area (Å²) in [6.07, 6.45) is 5.09. The molecule has 18 heavy (non-hydrogen) atoms. The molecule has 3 nitrogen and oxygen atoms in total. The summed E-state index contributed by atoms with van der Waals surface area (Å²) in [5, 5.41) is 3.42. The Balaban J connectivity index is 1.66. The summed E-state index contributed by atoms with van der Waals surface area (Å²) in [6.45, 7) is 0.906. The molecule has 0 radical (unpaired) electrons. The number of oxazole rings is 1. The van der Waals surface area contributed by atoms with Crippen molar-refractivity contribution in [3.63, 3.8) is 0 Å². The standard InChI is InChI=1S/C12H12Cl2N2OS/c13-10-5-8(12(14)18-10)9-6-16-11(17-9)3-4-15-7-1-2-7/h5-7,15H,1-4H2. The van der Waals surface area contributed by atoms with Gasteiger partial charge in [0.1, 0.15) is 4.34 Å². The van der Waals surface area contributed by atoms with Crippen molar-refractivity contribution in [2.24, 2.45) is 0 Å². The predicted octanol–water partition coefficient (Wildman–Crippen LogP) is 4.00. The minimum atomic E-state index is 0.638. The fourth-order valence-electron chi connectivity index (χ4n) is 1.73. The highest BCUT2D eigenvalue weighted by Crippen LogP contribution is 2.38. The number of hydrogen-bond acceptors (Lipinski definition) is 4. The molecule has 2 aromatic rings. The second-order valence-electron chi connectivity index (χ2n) is 4.33. The number of nitrogens with zero attached hydrogens (tertiary/aromatic N) is 1. The van der Waals surface area contributed by atoms with Crippen LogP contribution in [0.15, 0.2) is 16.7 Å². The quantitative estimate of drug-likeness (QED) is 0.907. The van der Waals surface area contributed by atoms with Gasteiger partial charge in [0.15, 0.2) is 11.7 Å². The van der Waals surface area contributed by atoms with E-state index in [1.54, 1.807) is 12.3 Å². The van der Waals surface area contributed by atoms with E-state index in [0.717, 1.165) is 24.4 Å². The van der Waals surface area contributed by atoms with Gasteiger partial charge in [0, 0.05) is 24.6 Å². The summed E-state index contributed by atoms with van der Waals surface area (Å²) in [5.74, 6) is 1.42. The lowest BCUT2D eigenvalue weighted by molar-refractivity contribution is 0.494. The molecule has 1 aliphatic rings. The van der Waals surface area contributed by atoms with Crippen LogP contribution < -0.4 is 5.32 Å². The largest absolute Gasteiger partial charge is 0.441 e. The molecule has 0 bridgehead atoms. The summed E-state index contributed by atoms with van der Waals surface area (Å²) in [7, 11) is 0. The van der Waals surface area contributed by atoms with E-state index in [-0.39, 0.29) is 0 Å². The Morgan fingerprint density at radius 3 is 2.94 bits per heavy atom. The van der Waals surface area contributed by atoms with Gasteiger partial charge in [0.25, 0.3) is 0 Å². The van der Waals surface area contributed by atoms with Gasteiger partial charge in [-0.1, -0.05) is 23.2 Å². The van der Waals surface area contributed by atoms with Crippen molar-refractivity contribution < 1.29 is 4.42 Å². The first-order valence-electron chi connectivity index (χ1n) is 5.85. The number of hydrogen-bond donors (Lipinski definition) is 1. The van der Waals surface area contributed by atoms with Crippen molar-refractivity contribution in [1.29, 1.82) is 0 Å². The maximum absolute atomic E-state index is 6.08. The van der Waals surface area contributed by atoms with E-state index in [1.165, 1.54) is 24.2 Å². The van der Waals surface area contributed by atoms with E-state index >= 15 is 0 Å². The molecule has 0 spiro atoms. The molecule has 1 aliphatic carbocycles. The van der Waals surface area contributed by atoms with Crippen LogP contribution in [0, 0.1) is 0 Å². The highest BCUT2D eigenvalue weighted by molar-refractivity contribution is 7.20. The van der Waals surface area contributed by atoms with Crippen molar-refractivity contribution in [2.45, 2.75) is 25.3 Å². The maximum Gasteiger partial charge on any atom is 0.196 e. The number of rotatable bonds is 5. The first-order valence-corrected chi connectivity index (χ1v) is 7.43. The van der Waals surface area contributed by atoms with Crippen molar-refractivity contribution in [1.82, 2.24) is 10.3 Å². The zero-order chi connectivity index (χ0) is 12.5. The molecular weight excluding hydrogens is 291 g/mol. The van der Waals surface area contributed by atoms with Gasteiger partial charge in [-0.3, -0.25) is 0 Å². The Morgan fingerprint density at radius 1 is 1.44 bits per heavy atom. The van der Waals surface area contributed by atoms with Crippen LogP contribution in [0.5, 0.6) is 0 Å². The molecule has 0 saturated heterocycles. The van der Waals surface area contributed by atoms with Crippen LogP contribution in [0.2, 0.25) is 8.67 Å². The summed E-state index contributed by atoms with van der Waals surface area (Å²) in [4.78, 5) is 4.26. The summed E-state index contributed by atoms with van der Waals surface area (Å²) in [6, 6.07) is 2.52. The number of halogens is 2. The molecule has 96 valence electrons. The average Bonchev–Trinajstić information content (AvgIpc) is 2.92. The zero-order valence-corrected chi connectivity index (χ0v) is 11.9. The van der Waals surface area contributed by atoms with Gasteiger partial charge < -0.3 is 9.73 Å². The Labute approximate surface area is 119 Å². The van der Waals surface area contributed by atoms with Gasteiger partial charge in [0.05, 0.1) is 10.5 Å². The van der Waals surface area contributed by atoms with E-state index in [1.807, 2.05) is 0 Å². The lowest BCUT2D eigenvalue weighted by Gasteiger charge is -1.98. The van der Waals surface area contributed by atoms with Crippen LogP contribution in [0.4, 0.5) is 0 Å². The van der Waals surface area contributed by atoms with Crippen LogP contribution in [-0.2, 0) is 6.42 Å². The highest BCUT2D eigenvalue weighted by Gasteiger charge is 2.20. The van der Waals surface area contributed by atoms with Crippen LogP contribution in [0.1, 0.15) is 18.7 Å². The molecule has 2 aromatic heterocycles. The summed E-state index contributed by atoms with van der Waals surface area (Å²) in [5.41, 5.74) is 0.820. The first-order chi connectivity index (χ1) is 8.72. The Hall–Kier alpha value is -0.550. The number of nitrogens with one attached hydrogen (secondary N) is 1. The van der Waals surface area contributed by atoms with Crippen LogP contribution >= 0.6 is 34.5 Å². The maximum atomic E-state index is 6.08. The summed E-state index contributed by atoms with van der Waals surface area (Å²) >= 11 is 13.3. The van der Waals surface area contributed by atoms with E-state index < -0.39 is 0 Å². The minimum absolute atomic E-state index is 0.638. The molecular formula is C12H12Cl2N2OS. The second kappa shape index (κ2) is 5.21. The van der Waals surface area contributed by atoms with Gasteiger partial charge in [-0.25, -0.2) is 4.98 Å². The van der Waals surface area contributed by atoms with E-state index in [9.17, 15) is 0 Å². The average molecular weight is 303 g/mol. The SMILES string of the molecule is Clc1cc(-c2cnc(CCNC3CC3)o2)c(Cl)s1. The fourth-order valence-corrected chi connectivity index (χ4v) is 3.20. The molecule has 3 rings (SSSR count). The molecule has 1 saturated carbocycles. The van der Waals surface area contributed by atoms with E-state index in [4.69, 9.17) is 27.6 Å². The smallest absolute Gasteiger partial charge is 0.196 e.